The second kappa shape index (κ2) is 6.01. The summed E-state index contributed by atoms with van der Waals surface area (Å²) in [6.45, 7) is 3.59. The van der Waals surface area contributed by atoms with E-state index in [-0.39, 0.29) is 6.61 Å². The Labute approximate surface area is 57.3 Å². The molecule has 0 fully saturated rings. The molecular weight excluding hydrogens is 116 g/mol. The predicted octanol–water partition coefficient (Wildman–Crippen LogP) is -0.448. The minimum atomic E-state index is -0.403. The molecule has 0 rings (SSSR count). The molecule has 3 heteroatoms. The molecule has 0 bridgehead atoms. The van der Waals surface area contributed by atoms with Gasteiger partial charge in [-0.1, -0.05) is 0 Å². The van der Waals surface area contributed by atoms with Gasteiger partial charge in [-0.3, -0.25) is 0 Å². The first-order valence-corrected chi connectivity index (χ1v) is 2.96. The average Bonchev–Trinajstić information content (AvgIpc) is 1.67. The Morgan fingerprint density at radius 3 is 1.56 bits per heavy atom. The highest BCUT2D eigenvalue weighted by Crippen LogP contribution is 1.89. The average molecular weight is 134 g/mol. The maximum absolute atomic E-state index is 8.28. The lowest BCUT2D eigenvalue weighted by molar-refractivity contribution is 0.221. The van der Waals surface area contributed by atoms with Crippen molar-refractivity contribution in [2.45, 2.75) is 19.4 Å². The molecule has 0 unspecified atom stereocenters. The van der Waals surface area contributed by atoms with Crippen LogP contribution in [0.1, 0.15) is 13.8 Å². The Kier molecular flexibility index (Phi) is 7.77. The van der Waals surface area contributed by atoms with Gasteiger partial charge in [-0.2, -0.15) is 0 Å². The van der Waals surface area contributed by atoms with Crippen molar-refractivity contribution in [3.05, 3.63) is 0 Å². The van der Waals surface area contributed by atoms with Crippen LogP contribution in [-0.2, 0) is 0 Å². The van der Waals surface area contributed by atoms with E-state index in [9.17, 15) is 0 Å². The van der Waals surface area contributed by atoms with Crippen molar-refractivity contribution >= 4 is 0 Å². The molecule has 0 aliphatic rings. The van der Waals surface area contributed by atoms with Gasteiger partial charge in [0.2, 0.25) is 0 Å². The molecule has 3 nitrogen and oxygen atoms in total. The highest BCUT2D eigenvalue weighted by molar-refractivity contribution is 4.67. The molecule has 0 aromatic rings. The van der Waals surface area contributed by atoms with Gasteiger partial charge in [0.25, 0.3) is 0 Å². The topological polar surface area (TPSA) is 58.3 Å². The van der Waals surface area contributed by atoms with Crippen LogP contribution in [0, 0.1) is 0 Å². The molecule has 0 saturated heterocycles. The summed E-state index contributed by atoms with van der Waals surface area (Å²) in [6, 6.07) is 0. The van der Waals surface area contributed by atoms with E-state index in [1.807, 2.05) is 14.1 Å². The molecule has 58 valence electrons. The number of aliphatic hydroxyl groups excluding tert-OH is 1. The summed E-state index contributed by atoms with van der Waals surface area (Å²) in [7, 11) is 3.75. The van der Waals surface area contributed by atoms with E-state index in [4.69, 9.17) is 10.8 Å². The number of rotatable bonds is 1. The van der Waals surface area contributed by atoms with E-state index in [1.54, 1.807) is 13.8 Å². The number of hydrogen-bond acceptors (Lipinski definition) is 3. The fourth-order valence-corrected chi connectivity index (χ4v) is 0. The number of nitrogens with two attached hydrogens (primary N) is 1. The lowest BCUT2D eigenvalue weighted by atomic mass is 10.1. The summed E-state index contributed by atoms with van der Waals surface area (Å²) >= 11 is 0. The van der Waals surface area contributed by atoms with Gasteiger partial charge in [0.15, 0.2) is 0 Å². The van der Waals surface area contributed by atoms with Crippen LogP contribution in [0.25, 0.3) is 0 Å². The third-order valence-electron chi connectivity index (χ3n) is 0.408. The monoisotopic (exact) mass is 134 g/mol. The molecule has 0 amide bonds. The van der Waals surface area contributed by atoms with Crippen LogP contribution in [0.3, 0.4) is 0 Å². The molecule has 0 aliphatic heterocycles. The quantitative estimate of drug-likeness (QED) is 0.455. The van der Waals surface area contributed by atoms with Gasteiger partial charge >= 0.3 is 0 Å². The van der Waals surface area contributed by atoms with Gasteiger partial charge in [0, 0.05) is 5.54 Å². The lowest BCUT2D eigenvalue weighted by Crippen LogP contribution is -2.35. The Morgan fingerprint density at radius 2 is 1.56 bits per heavy atom. The van der Waals surface area contributed by atoms with Crippen LogP contribution in [0.4, 0.5) is 0 Å². The summed E-state index contributed by atoms with van der Waals surface area (Å²) in [5.74, 6) is 0. The summed E-state index contributed by atoms with van der Waals surface area (Å²) in [6.07, 6.45) is 0. The molecule has 4 N–H and O–H groups in total. The maximum atomic E-state index is 8.28. The summed E-state index contributed by atoms with van der Waals surface area (Å²) in [5, 5.41) is 11.0. The number of nitrogens with one attached hydrogen (secondary N) is 1. The molecule has 0 saturated carbocycles. The first-order valence-electron chi connectivity index (χ1n) is 2.96. The molecule has 0 aliphatic carbocycles. The standard InChI is InChI=1S/C4H11NO.C2H7N/c1-4(2,5)3-6;1-3-2/h6H,3,5H2,1-2H3;3H,1-2H3. The predicted molar refractivity (Wildman–Crippen MR) is 40.3 cm³/mol. The van der Waals surface area contributed by atoms with Crippen molar-refractivity contribution in [3.63, 3.8) is 0 Å². The van der Waals surface area contributed by atoms with E-state index in [0.717, 1.165) is 0 Å². The Balaban J connectivity index is 0. The van der Waals surface area contributed by atoms with Crippen LogP contribution >= 0.6 is 0 Å². The highest BCUT2D eigenvalue weighted by atomic mass is 16.3. The first-order chi connectivity index (χ1) is 3.97. The third-order valence-corrected chi connectivity index (χ3v) is 0.408. The highest BCUT2D eigenvalue weighted by Gasteiger charge is 2.05. The van der Waals surface area contributed by atoms with Gasteiger partial charge in [-0.05, 0) is 27.9 Å². The Hall–Kier alpha value is -0.120. The molecule has 0 radical (unpaired) electrons. The van der Waals surface area contributed by atoms with Gasteiger partial charge in [-0.25, -0.2) is 0 Å². The zero-order chi connectivity index (χ0) is 7.91. The zero-order valence-electron chi connectivity index (χ0n) is 6.73. The largest absolute Gasteiger partial charge is 0.394 e. The van der Waals surface area contributed by atoms with Crippen LogP contribution in [0.15, 0.2) is 0 Å². The summed E-state index contributed by atoms with van der Waals surface area (Å²) in [5.41, 5.74) is 4.88. The van der Waals surface area contributed by atoms with E-state index in [1.165, 1.54) is 0 Å². The smallest absolute Gasteiger partial charge is 0.0605 e. The van der Waals surface area contributed by atoms with E-state index in [2.05, 4.69) is 5.32 Å². The van der Waals surface area contributed by atoms with Crippen LogP contribution in [0.5, 0.6) is 0 Å². The van der Waals surface area contributed by atoms with Crippen LogP contribution in [0.2, 0.25) is 0 Å². The fourth-order valence-electron chi connectivity index (χ4n) is 0. The van der Waals surface area contributed by atoms with E-state index in [0.29, 0.717) is 0 Å². The third kappa shape index (κ3) is 32.8. The molecule has 0 spiro atoms. The van der Waals surface area contributed by atoms with E-state index >= 15 is 0 Å². The van der Waals surface area contributed by atoms with Crippen LogP contribution < -0.4 is 11.1 Å². The molecule has 0 heterocycles. The van der Waals surface area contributed by atoms with Gasteiger partial charge in [0.1, 0.15) is 0 Å². The molecule has 0 atom stereocenters. The molecule has 0 aromatic heterocycles. The van der Waals surface area contributed by atoms with Crippen molar-refractivity contribution in [1.29, 1.82) is 0 Å². The minimum Gasteiger partial charge on any atom is -0.394 e. The zero-order valence-corrected chi connectivity index (χ0v) is 6.73. The maximum Gasteiger partial charge on any atom is 0.0605 e. The van der Waals surface area contributed by atoms with Crippen molar-refractivity contribution in [2.24, 2.45) is 5.73 Å². The van der Waals surface area contributed by atoms with Gasteiger partial charge in [0.05, 0.1) is 6.61 Å². The van der Waals surface area contributed by atoms with Gasteiger partial charge < -0.3 is 16.2 Å². The molecular formula is C6H18N2O. The molecule has 0 aromatic carbocycles. The SMILES string of the molecule is CC(C)(N)CO.CNC. The fraction of sp³-hybridized carbons (Fsp3) is 1.00. The Bertz CT molecular complexity index is 49.5. The number of hydrogen-bond donors (Lipinski definition) is 3. The minimum absolute atomic E-state index is 0.0486. The second-order valence-electron chi connectivity index (χ2n) is 2.65. The van der Waals surface area contributed by atoms with Gasteiger partial charge in [-0.15, -0.1) is 0 Å². The summed E-state index contributed by atoms with van der Waals surface area (Å²) in [4.78, 5) is 0. The molecule has 9 heavy (non-hydrogen) atoms. The van der Waals surface area contributed by atoms with Crippen molar-refractivity contribution in [3.8, 4) is 0 Å². The van der Waals surface area contributed by atoms with Crippen molar-refractivity contribution in [2.75, 3.05) is 20.7 Å². The Morgan fingerprint density at radius 1 is 1.44 bits per heavy atom. The lowest BCUT2D eigenvalue weighted by Gasteiger charge is -2.12. The summed E-state index contributed by atoms with van der Waals surface area (Å²) < 4.78 is 0. The normalized spacial score (nSPS) is 10.0. The number of aliphatic hydroxyl groups is 1. The van der Waals surface area contributed by atoms with E-state index < -0.39 is 5.54 Å². The second-order valence-corrected chi connectivity index (χ2v) is 2.65. The first kappa shape index (κ1) is 11.6. The van der Waals surface area contributed by atoms with Crippen molar-refractivity contribution in [1.82, 2.24) is 5.32 Å². The van der Waals surface area contributed by atoms with Crippen molar-refractivity contribution < 1.29 is 5.11 Å². The van der Waals surface area contributed by atoms with Crippen LogP contribution in [-0.4, -0.2) is 31.3 Å².